The van der Waals surface area contributed by atoms with Crippen LogP contribution < -0.4 is 24.7 Å². The Kier molecular flexibility index (Phi) is 7.09. The number of hydrazone groups is 1. The summed E-state index contributed by atoms with van der Waals surface area (Å²) in [6.07, 6.45) is -1.33. The molecule has 2 aliphatic heterocycles. The molecule has 9 heteroatoms. The molecule has 0 atom stereocenters. The van der Waals surface area contributed by atoms with Crippen LogP contribution in [0.5, 0.6) is 11.5 Å². The van der Waals surface area contributed by atoms with Gasteiger partial charge >= 0.3 is 6.18 Å². The molecular weight excluding hydrogens is 505 g/mol. The number of nitrogens with one attached hydrogen (secondary N) is 1. The molecule has 6 nitrogen and oxygen atoms in total. The van der Waals surface area contributed by atoms with Crippen molar-refractivity contribution in [2.45, 2.75) is 31.9 Å². The minimum absolute atomic E-state index is 0.0288. The van der Waals surface area contributed by atoms with Crippen molar-refractivity contribution in [2.24, 2.45) is 11.0 Å². The van der Waals surface area contributed by atoms with Crippen molar-refractivity contribution in [1.82, 2.24) is 5.32 Å². The summed E-state index contributed by atoms with van der Waals surface area (Å²) in [5.41, 5.74) is 4.66. The highest BCUT2D eigenvalue weighted by Crippen LogP contribution is 2.46. The zero-order chi connectivity index (χ0) is 27.9. The lowest BCUT2D eigenvalue weighted by Crippen LogP contribution is -2.47. The first-order valence-electron chi connectivity index (χ1n) is 13.0. The second kappa shape index (κ2) is 10.4. The Morgan fingerprint density at radius 2 is 1.72 bits per heavy atom. The summed E-state index contributed by atoms with van der Waals surface area (Å²) < 4.78 is 53.8. The lowest BCUT2D eigenvalue weighted by molar-refractivity contribution is -0.137. The molecule has 39 heavy (non-hydrogen) atoms. The second-order valence-electron chi connectivity index (χ2n) is 10.1. The molecule has 3 aliphatic rings. The van der Waals surface area contributed by atoms with Gasteiger partial charge in [-0.25, -0.2) is 5.01 Å². The predicted molar refractivity (Wildman–Crippen MR) is 149 cm³/mol. The maximum atomic E-state index is 14.3. The van der Waals surface area contributed by atoms with Gasteiger partial charge in [-0.15, -0.1) is 0 Å². The Bertz CT molecular complexity index is 1350. The van der Waals surface area contributed by atoms with Gasteiger partial charge in [-0.2, -0.15) is 18.3 Å². The highest BCUT2D eigenvalue weighted by molar-refractivity contribution is 6.15. The molecule has 2 aromatic rings. The first kappa shape index (κ1) is 26.7. The van der Waals surface area contributed by atoms with Crippen molar-refractivity contribution < 1.29 is 22.6 Å². The van der Waals surface area contributed by atoms with E-state index in [-0.39, 0.29) is 5.69 Å². The van der Waals surface area contributed by atoms with Gasteiger partial charge in [0, 0.05) is 43.2 Å². The molecule has 1 N–H and O–H groups in total. The molecule has 0 saturated carbocycles. The summed E-state index contributed by atoms with van der Waals surface area (Å²) in [4.78, 5) is 2.09. The molecule has 1 fully saturated rings. The smallest absolute Gasteiger partial charge is 0.418 e. The third-order valence-corrected chi connectivity index (χ3v) is 7.66. The van der Waals surface area contributed by atoms with E-state index in [1.165, 1.54) is 5.01 Å². The normalized spacial score (nSPS) is 17.6. The third-order valence-electron chi connectivity index (χ3n) is 7.66. The average molecular weight is 539 g/mol. The number of methoxy groups -OCH3 is 2. The van der Waals surface area contributed by atoms with Crippen LogP contribution in [0.4, 0.5) is 24.5 Å². The highest BCUT2D eigenvalue weighted by Gasteiger charge is 2.39. The molecule has 0 spiro atoms. The number of alkyl halides is 3. The molecule has 2 aromatic carbocycles. The van der Waals surface area contributed by atoms with E-state index in [9.17, 15) is 13.2 Å². The van der Waals surface area contributed by atoms with Crippen molar-refractivity contribution in [1.29, 1.82) is 0 Å². The molecule has 1 saturated heterocycles. The molecule has 0 aromatic heterocycles. The fourth-order valence-corrected chi connectivity index (χ4v) is 5.54. The standard InChI is InChI=1S/C30H33F3N4O2/c1-18(34-3)11-20-16-36(17-20)22-9-10-27(30(31,32)33)28(14-22)37-19(2)25-7-6-8-26(25)29(35-37)21-12-23(38-4)15-24(13-21)39-5/h9-10,12-15,20,34H,1-2,6-8,11,16-17H2,3-5H3. The lowest BCUT2D eigenvalue weighted by Gasteiger charge is -2.42. The number of rotatable bonds is 8. The fourth-order valence-electron chi connectivity index (χ4n) is 5.54. The van der Waals surface area contributed by atoms with E-state index in [4.69, 9.17) is 14.6 Å². The first-order chi connectivity index (χ1) is 18.6. The van der Waals surface area contributed by atoms with Crippen LogP contribution in [0.25, 0.3) is 0 Å². The van der Waals surface area contributed by atoms with Crippen LogP contribution >= 0.6 is 0 Å². The zero-order valence-electron chi connectivity index (χ0n) is 22.5. The Hall–Kier alpha value is -3.88. The van der Waals surface area contributed by atoms with Gasteiger partial charge in [-0.1, -0.05) is 13.2 Å². The van der Waals surface area contributed by atoms with E-state index in [1.807, 2.05) is 19.2 Å². The molecular formula is C30H33F3N4O2. The van der Waals surface area contributed by atoms with E-state index in [2.05, 4.69) is 23.4 Å². The van der Waals surface area contributed by atoms with Crippen LogP contribution in [-0.4, -0.2) is 40.1 Å². The van der Waals surface area contributed by atoms with Gasteiger partial charge < -0.3 is 19.7 Å². The monoisotopic (exact) mass is 538 g/mol. The molecule has 206 valence electrons. The largest absolute Gasteiger partial charge is 0.497 e. The van der Waals surface area contributed by atoms with Crippen molar-refractivity contribution in [3.8, 4) is 11.5 Å². The Morgan fingerprint density at radius 1 is 1.05 bits per heavy atom. The Morgan fingerprint density at radius 3 is 2.33 bits per heavy atom. The molecule has 0 amide bonds. The number of benzene rings is 2. The van der Waals surface area contributed by atoms with Crippen molar-refractivity contribution in [2.75, 3.05) is 44.3 Å². The number of nitrogens with zero attached hydrogens (tertiary/aromatic N) is 3. The summed E-state index contributed by atoms with van der Waals surface area (Å²) in [6.45, 7) is 9.70. The van der Waals surface area contributed by atoms with E-state index in [0.29, 0.717) is 28.8 Å². The number of ether oxygens (including phenoxy) is 2. The maximum Gasteiger partial charge on any atom is 0.418 e. The van der Waals surface area contributed by atoms with Crippen LogP contribution in [0.1, 0.15) is 36.8 Å². The van der Waals surface area contributed by atoms with Gasteiger partial charge in [-0.05, 0) is 73.1 Å². The summed E-state index contributed by atoms with van der Waals surface area (Å²) in [5, 5.41) is 9.26. The topological polar surface area (TPSA) is 49.3 Å². The number of halogens is 3. The van der Waals surface area contributed by atoms with Gasteiger partial charge in [0.1, 0.15) is 11.5 Å². The second-order valence-corrected chi connectivity index (χ2v) is 10.1. The van der Waals surface area contributed by atoms with E-state index in [1.54, 1.807) is 32.4 Å². The van der Waals surface area contributed by atoms with E-state index in [0.717, 1.165) is 72.9 Å². The van der Waals surface area contributed by atoms with Gasteiger partial charge in [0.25, 0.3) is 0 Å². The Labute approximate surface area is 227 Å². The SMILES string of the molecule is C=C(CC1CN(c2ccc(C(F)(F)F)c(N3N=C(c4cc(OC)cc(OC)c4)C4=C(CCC4)C3=C)c2)C1)NC. The van der Waals surface area contributed by atoms with Crippen molar-refractivity contribution in [3.05, 3.63) is 83.2 Å². The van der Waals surface area contributed by atoms with Gasteiger partial charge in [0.2, 0.25) is 0 Å². The molecule has 5 rings (SSSR count). The van der Waals surface area contributed by atoms with Crippen LogP contribution in [0.2, 0.25) is 0 Å². The predicted octanol–water partition coefficient (Wildman–Crippen LogP) is 6.50. The van der Waals surface area contributed by atoms with Gasteiger partial charge in [-0.3, -0.25) is 0 Å². The van der Waals surface area contributed by atoms with Crippen molar-refractivity contribution in [3.63, 3.8) is 0 Å². The van der Waals surface area contributed by atoms with Crippen LogP contribution in [0, 0.1) is 5.92 Å². The third kappa shape index (κ3) is 5.10. The summed E-state index contributed by atoms with van der Waals surface area (Å²) >= 11 is 0. The summed E-state index contributed by atoms with van der Waals surface area (Å²) in [6, 6.07) is 9.70. The minimum Gasteiger partial charge on any atom is -0.497 e. The molecule has 0 unspecified atom stereocenters. The summed E-state index contributed by atoms with van der Waals surface area (Å²) in [5.74, 6) is 1.56. The van der Waals surface area contributed by atoms with E-state index < -0.39 is 11.7 Å². The average Bonchev–Trinajstić information content (AvgIpc) is 3.40. The number of anilines is 2. The van der Waals surface area contributed by atoms with Crippen LogP contribution in [0.3, 0.4) is 0 Å². The zero-order valence-corrected chi connectivity index (χ0v) is 22.5. The lowest BCUT2D eigenvalue weighted by atomic mass is 9.93. The number of hydrogen-bond acceptors (Lipinski definition) is 6. The molecule has 0 bridgehead atoms. The minimum atomic E-state index is -4.56. The maximum absolute atomic E-state index is 14.3. The van der Waals surface area contributed by atoms with Crippen LogP contribution in [0.15, 0.2) is 77.2 Å². The highest BCUT2D eigenvalue weighted by atomic mass is 19.4. The van der Waals surface area contributed by atoms with Crippen molar-refractivity contribution >= 4 is 17.1 Å². The number of allylic oxidation sites excluding steroid dienone is 3. The van der Waals surface area contributed by atoms with Crippen LogP contribution in [-0.2, 0) is 6.18 Å². The molecule has 1 aliphatic carbocycles. The molecule has 0 radical (unpaired) electrons. The van der Waals surface area contributed by atoms with Gasteiger partial charge in [0.15, 0.2) is 0 Å². The Balaban J connectivity index is 1.57. The summed E-state index contributed by atoms with van der Waals surface area (Å²) in [7, 11) is 4.96. The van der Waals surface area contributed by atoms with E-state index >= 15 is 0 Å². The first-order valence-corrected chi connectivity index (χ1v) is 13.0. The fraction of sp³-hybridized carbons (Fsp3) is 0.367. The number of hydrogen-bond donors (Lipinski definition) is 1. The molecule has 2 heterocycles. The van der Waals surface area contributed by atoms with Gasteiger partial charge in [0.05, 0.1) is 36.9 Å². The quantitative estimate of drug-likeness (QED) is 0.416.